The number of hydrogen-bond donors (Lipinski definition) is 0. The second kappa shape index (κ2) is 13.1. The highest BCUT2D eigenvalue weighted by molar-refractivity contribution is 7.86. The van der Waals surface area contributed by atoms with Crippen molar-refractivity contribution in [2.75, 3.05) is 34.0 Å². The molecule has 196 valence electrons. The van der Waals surface area contributed by atoms with Gasteiger partial charge in [0.1, 0.15) is 0 Å². The summed E-state index contributed by atoms with van der Waals surface area (Å²) in [7, 11) is -1.84. The van der Waals surface area contributed by atoms with E-state index in [2.05, 4.69) is 20.1 Å². The van der Waals surface area contributed by atoms with Gasteiger partial charge in [0.15, 0.2) is 0 Å². The average molecular weight is 535 g/mol. The molecular weight excluding hydrogens is 512 g/mol. The van der Waals surface area contributed by atoms with Gasteiger partial charge in [0.05, 0.1) is 50.1 Å². The number of methoxy groups -OCH3 is 2. The van der Waals surface area contributed by atoms with Crippen LogP contribution in [0.3, 0.4) is 0 Å². The van der Waals surface area contributed by atoms with E-state index < -0.39 is 39.2 Å². The summed E-state index contributed by atoms with van der Waals surface area (Å²) in [6.07, 6.45) is 0.207. The van der Waals surface area contributed by atoms with Crippen molar-refractivity contribution >= 4 is 33.3 Å². The summed E-state index contributed by atoms with van der Waals surface area (Å²) in [5, 5.41) is 6.53. The third-order valence-electron chi connectivity index (χ3n) is 5.02. The molecule has 1 aliphatic carbocycles. The third kappa shape index (κ3) is 6.86. The zero-order valence-corrected chi connectivity index (χ0v) is 20.8. The lowest BCUT2D eigenvalue weighted by molar-refractivity contribution is -0.121. The molecular formula is C21H22N6O9S. The van der Waals surface area contributed by atoms with Gasteiger partial charge in [-0.1, -0.05) is 16.3 Å². The number of rotatable bonds is 13. The van der Waals surface area contributed by atoms with Crippen molar-refractivity contribution in [1.29, 1.82) is 0 Å². The molecule has 1 aromatic rings. The summed E-state index contributed by atoms with van der Waals surface area (Å²) in [5.74, 6) is -2.42. The molecule has 0 aliphatic heterocycles. The van der Waals surface area contributed by atoms with Gasteiger partial charge >= 0.3 is 5.97 Å². The van der Waals surface area contributed by atoms with Gasteiger partial charge in [-0.15, -0.1) is 0 Å². The maximum Gasteiger partial charge on any atom is 0.338 e. The number of allylic oxidation sites excluding steroid dienone is 2. The van der Waals surface area contributed by atoms with Crippen molar-refractivity contribution in [2.24, 2.45) is 10.2 Å². The Balaban J connectivity index is 2.14. The summed E-state index contributed by atoms with van der Waals surface area (Å²) in [5.41, 5.74) is 16.8. The van der Waals surface area contributed by atoms with E-state index in [1.54, 1.807) is 0 Å². The smallest absolute Gasteiger partial charge is 0.338 e. The first-order chi connectivity index (χ1) is 17.6. The topological polar surface area (TPSA) is 220 Å². The van der Waals surface area contributed by atoms with Gasteiger partial charge in [-0.3, -0.25) is 13.8 Å². The lowest BCUT2D eigenvalue weighted by Gasteiger charge is -2.20. The van der Waals surface area contributed by atoms with E-state index in [0.717, 1.165) is 18.2 Å². The van der Waals surface area contributed by atoms with Crippen molar-refractivity contribution in [3.05, 3.63) is 67.3 Å². The van der Waals surface area contributed by atoms with Crippen molar-refractivity contribution in [3.63, 3.8) is 0 Å². The van der Waals surface area contributed by atoms with E-state index in [4.69, 9.17) is 29.5 Å². The van der Waals surface area contributed by atoms with Crippen LogP contribution < -0.4 is 0 Å². The van der Waals surface area contributed by atoms with Gasteiger partial charge in [-0.2, -0.15) is 8.42 Å². The Hall–Kier alpha value is -4.36. The second-order valence-corrected chi connectivity index (χ2v) is 8.78. The van der Waals surface area contributed by atoms with Crippen molar-refractivity contribution in [2.45, 2.75) is 24.7 Å². The van der Waals surface area contributed by atoms with Gasteiger partial charge < -0.3 is 14.2 Å². The Kier molecular flexibility index (Phi) is 10.2. The Morgan fingerprint density at radius 3 is 2.32 bits per heavy atom. The fourth-order valence-electron chi connectivity index (χ4n) is 3.25. The van der Waals surface area contributed by atoms with Gasteiger partial charge in [-0.25, -0.2) is 4.79 Å². The molecule has 0 amide bonds. The molecule has 0 N–H and O–H groups in total. The van der Waals surface area contributed by atoms with E-state index in [9.17, 15) is 22.8 Å². The predicted octanol–water partition coefficient (Wildman–Crippen LogP) is 3.55. The fraction of sp³-hybridized carbons (Fsp3) is 0.381. The number of esters is 1. The Bertz CT molecular complexity index is 1370. The van der Waals surface area contributed by atoms with Crippen LogP contribution >= 0.6 is 0 Å². The fourth-order valence-corrected chi connectivity index (χ4v) is 4.18. The molecule has 0 unspecified atom stereocenters. The van der Waals surface area contributed by atoms with Crippen LogP contribution in [-0.4, -0.2) is 59.9 Å². The first-order valence-electron chi connectivity index (χ1n) is 10.5. The van der Waals surface area contributed by atoms with Crippen LogP contribution in [0.1, 0.15) is 30.1 Å². The molecule has 15 nitrogen and oxygen atoms in total. The largest absolute Gasteiger partial charge is 0.489 e. The normalized spacial score (nSPS) is 13.6. The SMILES string of the molecule is COC1=C(OC)C(=O)C(CCCOC(=O)c2cc(S(=O)(=O)OCCN=[N+]=[N-])ccc2N=[N+]=[N-])=C(C)C1=O. The van der Waals surface area contributed by atoms with E-state index >= 15 is 0 Å². The Morgan fingerprint density at radius 1 is 1.03 bits per heavy atom. The molecule has 37 heavy (non-hydrogen) atoms. The van der Waals surface area contributed by atoms with Gasteiger partial charge in [-0.05, 0) is 43.0 Å². The number of carbonyl (C=O) groups is 3. The maximum absolute atomic E-state index is 12.7. The number of benzene rings is 1. The highest BCUT2D eigenvalue weighted by atomic mass is 32.2. The average Bonchev–Trinajstić information content (AvgIpc) is 2.88. The van der Waals surface area contributed by atoms with Crippen LogP contribution in [0.4, 0.5) is 5.69 Å². The van der Waals surface area contributed by atoms with Crippen LogP contribution in [0.25, 0.3) is 20.9 Å². The predicted molar refractivity (Wildman–Crippen MR) is 126 cm³/mol. The molecule has 0 fully saturated rings. The van der Waals surface area contributed by atoms with Crippen LogP contribution in [0, 0.1) is 0 Å². The molecule has 0 bridgehead atoms. The zero-order chi connectivity index (χ0) is 27.6. The second-order valence-electron chi connectivity index (χ2n) is 7.17. The summed E-state index contributed by atoms with van der Waals surface area (Å²) >= 11 is 0. The molecule has 0 radical (unpaired) electrons. The lowest BCUT2D eigenvalue weighted by Crippen LogP contribution is -2.25. The van der Waals surface area contributed by atoms with Crippen LogP contribution in [0.2, 0.25) is 0 Å². The maximum atomic E-state index is 12.7. The monoisotopic (exact) mass is 534 g/mol. The number of hydrogen-bond acceptors (Lipinski definition) is 11. The van der Waals surface area contributed by atoms with E-state index in [-0.39, 0.29) is 59.9 Å². The number of azide groups is 2. The lowest BCUT2D eigenvalue weighted by atomic mass is 9.90. The van der Waals surface area contributed by atoms with Crippen LogP contribution in [-0.2, 0) is 38.1 Å². The van der Waals surface area contributed by atoms with E-state index in [1.807, 2.05) is 0 Å². The quantitative estimate of drug-likeness (QED) is 0.0685. The summed E-state index contributed by atoms with van der Waals surface area (Å²) in [4.78, 5) is 42.4. The number of Topliss-reactive ketones (excluding diaryl/α,β-unsaturated/α-hetero) is 2. The van der Waals surface area contributed by atoms with Crippen molar-refractivity contribution in [3.8, 4) is 0 Å². The van der Waals surface area contributed by atoms with Gasteiger partial charge in [0.2, 0.25) is 23.1 Å². The first-order valence-corrected chi connectivity index (χ1v) is 11.9. The molecule has 2 rings (SSSR count). The summed E-state index contributed by atoms with van der Waals surface area (Å²) < 4.78 is 44.6. The Morgan fingerprint density at radius 2 is 1.70 bits per heavy atom. The molecule has 16 heteroatoms. The van der Waals surface area contributed by atoms with Crippen LogP contribution in [0.5, 0.6) is 0 Å². The minimum atomic E-state index is -4.33. The van der Waals surface area contributed by atoms with E-state index in [0.29, 0.717) is 0 Å². The summed E-state index contributed by atoms with van der Waals surface area (Å²) in [6, 6.07) is 3.10. The number of nitrogens with zero attached hydrogens (tertiary/aromatic N) is 6. The van der Waals surface area contributed by atoms with Crippen LogP contribution in [0.15, 0.2) is 56.0 Å². The van der Waals surface area contributed by atoms with Gasteiger partial charge in [0.25, 0.3) is 10.1 Å². The molecule has 1 aromatic carbocycles. The molecule has 0 saturated heterocycles. The number of carbonyl (C=O) groups excluding carboxylic acids is 3. The molecule has 0 saturated carbocycles. The molecule has 0 aromatic heterocycles. The zero-order valence-electron chi connectivity index (χ0n) is 20.0. The highest BCUT2D eigenvalue weighted by Crippen LogP contribution is 2.29. The first kappa shape index (κ1) is 28.9. The minimum Gasteiger partial charge on any atom is -0.489 e. The molecule has 1 aliphatic rings. The summed E-state index contributed by atoms with van der Waals surface area (Å²) in [6.45, 7) is 0.599. The number of ketones is 2. The standard InChI is InChI=1S/C21H22N6O9S/c1-12-14(18(29)20(34-3)19(33-2)17(12)28)5-4-9-35-21(30)15-11-13(6-7-16(15)25-27-23)37(31,32)36-10-8-24-26-22/h6-7,11H,4-5,8-10H2,1-3H3. The van der Waals surface area contributed by atoms with E-state index in [1.165, 1.54) is 21.1 Å². The van der Waals surface area contributed by atoms with Crippen molar-refractivity contribution < 1.29 is 41.2 Å². The number of ether oxygens (including phenoxy) is 3. The highest BCUT2D eigenvalue weighted by Gasteiger charge is 2.34. The molecule has 0 spiro atoms. The third-order valence-corrected chi connectivity index (χ3v) is 6.33. The molecule has 0 heterocycles. The molecule has 0 atom stereocenters. The van der Waals surface area contributed by atoms with Crippen molar-refractivity contribution in [1.82, 2.24) is 0 Å². The minimum absolute atomic E-state index is 0.0736. The Labute approximate surface area is 211 Å². The van der Waals surface area contributed by atoms with Gasteiger partial charge in [0, 0.05) is 21.0 Å².